The lowest BCUT2D eigenvalue weighted by Gasteiger charge is -2.31. The first-order valence-corrected chi connectivity index (χ1v) is 7.37. The van der Waals surface area contributed by atoms with Crippen LogP contribution in [0.5, 0.6) is 0 Å². The van der Waals surface area contributed by atoms with Crippen LogP contribution in [0.3, 0.4) is 0 Å². The number of aromatic nitrogens is 2. The summed E-state index contributed by atoms with van der Waals surface area (Å²) in [7, 11) is 0. The van der Waals surface area contributed by atoms with Gasteiger partial charge in [0.05, 0.1) is 0 Å². The number of hydrogen-bond acceptors (Lipinski definition) is 5. The number of amides is 1. The van der Waals surface area contributed by atoms with Gasteiger partial charge in [-0.2, -0.15) is 18.2 Å². The lowest BCUT2D eigenvalue weighted by atomic mass is 9.88. The summed E-state index contributed by atoms with van der Waals surface area (Å²) in [5, 5.41) is 9.22. The summed E-state index contributed by atoms with van der Waals surface area (Å²) in [6.45, 7) is 3.52. The van der Waals surface area contributed by atoms with E-state index in [9.17, 15) is 18.0 Å². The quantitative estimate of drug-likeness (QED) is 0.894. The standard InChI is InChI=1S/C15H15F3N4O2/c1-8(10-6-19-7-10)13(23)20-11-4-2-9(3-5-11)12-21-14(24-22-12)15(16,17)18/h2-5,8,10,19H,6-7H2,1H3,(H,20,23). The van der Waals surface area contributed by atoms with Crippen LogP contribution in [0, 0.1) is 11.8 Å². The van der Waals surface area contributed by atoms with Crippen LogP contribution in [0.4, 0.5) is 18.9 Å². The van der Waals surface area contributed by atoms with E-state index in [1.807, 2.05) is 6.92 Å². The molecule has 128 valence electrons. The summed E-state index contributed by atoms with van der Waals surface area (Å²) in [5.74, 6) is -1.43. The molecule has 0 aliphatic carbocycles. The summed E-state index contributed by atoms with van der Waals surface area (Å²) in [4.78, 5) is 15.4. The third kappa shape index (κ3) is 3.40. The molecule has 1 saturated heterocycles. The molecule has 0 bridgehead atoms. The number of carbonyl (C=O) groups is 1. The second kappa shape index (κ2) is 6.23. The van der Waals surface area contributed by atoms with Crippen LogP contribution < -0.4 is 10.6 Å². The average molecular weight is 340 g/mol. The van der Waals surface area contributed by atoms with E-state index >= 15 is 0 Å². The van der Waals surface area contributed by atoms with Gasteiger partial charge in [0.2, 0.25) is 11.7 Å². The van der Waals surface area contributed by atoms with Crippen molar-refractivity contribution < 1.29 is 22.5 Å². The number of alkyl halides is 3. The summed E-state index contributed by atoms with van der Waals surface area (Å²) in [6.07, 6.45) is -4.67. The van der Waals surface area contributed by atoms with Crippen LogP contribution in [0.25, 0.3) is 11.4 Å². The van der Waals surface area contributed by atoms with Gasteiger partial charge in [0, 0.05) is 17.2 Å². The van der Waals surface area contributed by atoms with Crippen molar-refractivity contribution >= 4 is 11.6 Å². The van der Waals surface area contributed by atoms with Gasteiger partial charge in [0.25, 0.3) is 0 Å². The van der Waals surface area contributed by atoms with Crippen molar-refractivity contribution in [3.8, 4) is 11.4 Å². The van der Waals surface area contributed by atoms with Gasteiger partial charge in [-0.25, -0.2) is 0 Å². The second-order valence-electron chi connectivity index (χ2n) is 5.69. The Kier molecular flexibility index (Phi) is 4.27. The van der Waals surface area contributed by atoms with Crippen LogP contribution >= 0.6 is 0 Å². The predicted molar refractivity (Wildman–Crippen MR) is 78.9 cm³/mol. The molecule has 1 fully saturated rings. The molecule has 9 heteroatoms. The number of rotatable bonds is 4. The highest BCUT2D eigenvalue weighted by Gasteiger charge is 2.38. The molecule has 2 heterocycles. The minimum absolute atomic E-state index is 0.0897. The van der Waals surface area contributed by atoms with Crippen LogP contribution in [0.15, 0.2) is 28.8 Å². The molecule has 0 radical (unpaired) electrons. The normalized spacial score (nSPS) is 16.5. The molecule has 1 aromatic heterocycles. The molecule has 24 heavy (non-hydrogen) atoms. The van der Waals surface area contributed by atoms with E-state index in [0.717, 1.165) is 13.1 Å². The van der Waals surface area contributed by atoms with Crippen molar-refractivity contribution in [1.82, 2.24) is 15.5 Å². The lowest BCUT2D eigenvalue weighted by molar-refractivity contribution is -0.159. The monoisotopic (exact) mass is 340 g/mol. The van der Waals surface area contributed by atoms with E-state index in [1.54, 1.807) is 12.1 Å². The highest BCUT2D eigenvalue weighted by molar-refractivity contribution is 5.92. The minimum Gasteiger partial charge on any atom is -0.329 e. The SMILES string of the molecule is CC(C(=O)Nc1ccc(-c2noc(C(F)(F)F)n2)cc1)C1CNC1. The first-order chi connectivity index (χ1) is 11.3. The van der Waals surface area contributed by atoms with Crippen molar-refractivity contribution in [2.45, 2.75) is 13.1 Å². The second-order valence-corrected chi connectivity index (χ2v) is 5.69. The number of carbonyl (C=O) groups excluding carboxylic acids is 1. The van der Waals surface area contributed by atoms with E-state index in [2.05, 4.69) is 25.3 Å². The van der Waals surface area contributed by atoms with E-state index < -0.39 is 12.1 Å². The number of halogens is 3. The van der Waals surface area contributed by atoms with Crippen LogP contribution in [0.1, 0.15) is 12.8 Å². The summed E-state index contributed by atoms with van der Waals surface area (Å²) in [6, 6.07) is 6.22. The maximum atomic E-state index is 12.5. The van der Waals surface area contributed by atoms with E-state index in [0.29, 0.717) is 17.2 Å². The first kappa shape index (κ1) is 16.4. The van der Waals surface area contributed by atoms with Gasteiger partial charge in [-0.15, -0.1) is 0 Å². The Morgan fingerprint density at radius 1 is 1.33 bits per heavy atom. The zero-order valence-corrected chi connectivity index (χ0v) is 12.7. The van der Waals surface area contributed by atoms with Crippen LogP contribution in [0.2, 0.25) is 0 Å². The summed E-state index contributed by atoms with van der Waals surface area (Å²) < 4.78 is 41.5. The predicted octanol–water partition coefficient (Wildman–Crippen LogP) is 2.55. The van der Waals surface area contributed by atoms with Gasteiger partial charge < -0.3 is 15.2 Å². The van der Waals surface area contributed by atoms with Gasteiger partial charge in [0.15, 0.2) is 0 Å². The van der Waals surface area contributed by atoms with Crippen molar-refractivity contribution in [2.24, 2.45) is 11.8 Å². The summed E-state index contributed by atoms with van der Waals surface area (Å²) in [5.41, 5.74) is 0.922. The van der Waals surface area contributed by atoms with E-state index in [1.165, 1.54) is 12.1 Å². The Morgan fingerprint density at radius 3 is 2.50 bits per heavy atom. The number of nitrogens with zero attached hydrogens (tertiary/aromatic N) is 2. The Morgan fingerprint density at radius 2 is 2.00 bits per heavy atom. The first-order valence-electron chi connectivity index (χ1n) is 7.37. The minimum atomic E-state index is -4.67. The van der Waals surface area contributed by atoms with Crippen molar-refractivity contribution in [3.63, 3.8) is 0 Å². The highest BCUT2D eigenvalue weighted by Crippen LogP contribution is 2.29. The van der Waals surface area contributed by atoms with Gasteiger partial charge in [-0.05, 0) is 43.3 Å². The van der Waals surface area contributed by atoms with E-state index in [4.69, 9.17) is 0 Å². The zero-order chi connectivity index (χ0) is 17.3. The fraction of sp³-hybridized carbons (Fsp3) is 0.400. The fourth-order valence-corrected chi connectivity index (χ4v) is 2.29. The molecule has 6 nitrogen and oxygen atoms in total. The Balaban J connectivity index is 1.67. The Bertz CT molecular complexity index is 723. The molecular formula is C15H15F3N4O2. The molecule has 1 amide bonds. The largest absolute Gasteiger partial charge is 0.471 e. The third-order valence-electron chi connectivity index (χ3n) is 4.01. The van der Waals surface area contributed by atoms with Crippen molar-refractivity contribution in [3.05, 3.63) is 30.2 Å². The molecule has 1 unspecified atom stereocenters. The number of anilines is 1. The molecule has 1 aromatic carbocycles. The fourth-order valence-electron chi connectivity index (χ4n) is 2.29. The van der Waals surface area contributed by atoms with Gasteiger partial charge in [-0.1, -0.05) is 12.1 Å². The van der Waals surface area contributed by atoms with Gasteiger partial charge in [-0.3, -0.25) is 4.79 Å². The zero-order valence-electron chi connectivity index (χ0n) is 12.7. The Hall–Kier alpha value is -2.42. The molecule has 0 spiro atoms. The van der Waals surface area contributed by atoms with E-state index in [-0.39, 0.29) is 17.6 Å². The van der Waals surface area contributed by atoms with Gasteiger partial charge in [0.1, 0.15) is 0 Å². The number of nitrogens with one attached hydrogen (secondary N) is 2. The van der Waals surface area contributed by atoms with Crippen molar-refractivity contribution in [1.29, 1.82) is 0 Å². The molecule has 3 rings (SSSR count). The Labute approximate surface area is 135 Å². The van der Waals surface area contributed by atoms with Crippen LogP contribution in [-0.2, 0) is 11.0 Å². The molecule has 0 saturated carbocycles. The summed E-state index contributed by atoms with van der Waals surface area (Å²) >= 11 is 0. The molecule has 2 N–H and O–H groups in total. The smallest absolute Gasteiger partial charge is 0.329 e. The molecule has 2 aromatic rings. The van der Waals surface area contributed by atoms with Crippen LogP contribution in [-0.4, -0.2) is 29.1 Å². The maximum Gasteiger partial charge on any atom is 0.471 e. The molecule has 1 atom stereocenters. The molecular weight excluding hydrogens is 325 g/mol. The molecule has 1 aliphatic heterocycles. The average Bonchev–Trinajstić information content (AvgIpc) is 2.96. The van der Waals surface area contributed by atoms with Gasteiger partial charge >= 0.3 is 12.1 Å². The third-order valence-corrected chi connectivity index (χ3v) is 4.01. The topological polar surface area (TPSA) is 80.1 Å². The maximum absolute atomic E-state index is 12.5. The number of hydrogen-bond donors (Lipinski definition) is 2. The number of benzene rings is 1. The lowest BCUT2D eigenvalue weighted by Crippen LogP contribution is -2.48. The van der Waals surface area contributed by atoms with Crippen molar-refractivity contribution in [2.75, 3.05) is 18.4 Å². The molecule has 1 aliphatic rings. The highest BCUT2D eigenvalue weighted by atomic mass is 19.4.